The topological polar surface area (TPSA) is 36.9 Å². The van der Waals surface area contributed by atoms with Gasteiger partial charge in [0, 0.05) is 16.9 Å². The van der Waals surface area contributed by atoms with E-state index in [0.717, 1.165) is 68.9 Å². The first-order valence-electron chi connectivity index (χ1n) is 13.9. The van der Waals surface area contributed by atoms with Crippen LogP contribution < -0.4 is 15.0 Å². The lowest BCUT2D eigenvalue weighted by molar-refractivity contribution is 0.477. The number of allylic oxidation sites excluding steroid dienone is 2. The van der Waals surface area contributed by atoms with Crippen LogP contribution in [0.4, 0.5) is 17.1 Å². The molecule has 2 aliphatic rings. The molecule has 0 bridgehead atoms. The van der Waals surface area contributed by atoms with Gasteiger partial charge in [0.15, 0.2) is 11.5 Å². The molecule has 5 aromatic rings. The number of nitrogens with zero attached hydrogens (tertiary/aromatic N) is 2. The number of aliphatic imine (C=N–C) groups is 1. The summed E-state index contributed by atoms with van der Waals surface area (Å²) in [6.45, 7) is 2.10. The maximum absolute atomic E-state index is 6.19. The van der Waals surface area contributed by atoms with Crippen LogP contribution in [0.25, 0.3) is 11.4 Å². The van der Waals surface area contributed by atoms with Gasteiger partial charge in [0.1, 0.15) is 5.84 Å². The molecular formula is C37H29N3O. The second kappa shape index (κ2) is 10.7. The van der Waals surface area contributed by atoms with Gasteiger partial charge in [0.25, 0.3) is 0 Å². The summed E-state index contributed by atoms with van der Waals surface area (Å²) < 4.78 is 6.19. The highest BCUT2D eigenvalue weighted by Gasteiger charge is 2.25. The van der Waals surface area contributed by atoms with Crippen molar-refractivity contribution >= 4 is 34.3 Å². The molecule has 7 rings (SSSR count). The summed E-state index contributed by atoms with van der Waals surface area (Å²) in [4.78, 5) is 7.38. The van der Waals surface area contributed by atoms with Gasteiger partial charge < -0.3 is 15.0 Å². The monoisotopic (exact) mass is 531 g/mol. The van der Waals surface area contributed by atoms with Crippen LogP contribution in [0.15, 0.2) is 145 Å². The van der Waals surface area contributed by atoms with Crippen molar-refractivity contribution in [2.24, 2.45) is 4.99 Å². The van der Waals surface area contributed by atoms with Gasteiger partial charge in [0.05, 0.1) is 17.1 Å². The minimum Gasteiger partial charge on any atom is -0.453 e. The normalized spacial score (nSPS) is 15.4. The molecule has 4 heteroatoms. The number of fused-ring (bicyclic) bond motifs is 2. The molecule has 0 spiro atoms. The largest absolute Gasteiger partial charge is 0.453 e. The average Bonchev–Trinajstić information content (AvgIpc) is 3.01. The van der Waals surface area contributed by atoms with Crippen LogP contribution in [-0.2, 0) is 0 Å². The molecule has 5 aromatic carbocycles. The zero-order chi connectivity index (χ0) is 27.6. The van der Waals surface area contributed by atoms with Gasteiger partial charge in [-0.25, -0.2) is 4.99 Å². The molecule has 4 nitrogen and oxygen atoms in total. The number of aryl methyl sites for hydroxylation is 1. The summed E-state index contributed by atoms with van der Waals surface area (Å²) in [5, 5.41) is 3.67. The van der Waals surface area contributed by atoms with Crippen LogP contribution >= 0.6 is 0 Å². The van der Waals surface area contributed by atoms with E-state index < -0.39 is 0 Å². The molecule has 198 valence electrons. The Kier molecular flexibility index (Phi) is 6.42. The van der Waals surface area contributed by atoms with Crippen molar-refractivity contribution in [1.82, 2.24) is 5.32 Å². The van der Waals surface area contributed by atoms with E-state index in [9.17, 15) is 0 Å². The van der Waals surface area contributed by atoms with E-state index in [1.807, 2.05) is 54.6 Å². The lowest BCUT2D eigenvalue weighted by Gasteiger charge is -2.32. The number of anilines is 3. The Morgan fingerprint density at radius 3 is 1.90 bits per heavy atom. The van der Waals surface area contributed by atoms with Crippen molar-refractivity contribution in [3.8, 4) is 11.5 Å². The fourth-order valence-corrected chi connectivity index (χ4v) is 5.26. The van der Waals surface area contributed by atoms with Crippen LogP contribution in [-0.4, -0.2) is 5.84 Å². The van der Waals surface area contributed by atoms with Gasteiger partial charge in [-0.15, -0.1) is 0 Å². The fraction of sp³-hybridized carbons (Fsp3) is 0.0541. The summed E-state index contributed by atoms with van der Waals surface area (Å²) in [5.41, 5.74) is 9.59. The number of nitrogens with one attached hydrogen (secondary N) is 1. The predicted octanol–water partition coefficient (Wildman–Crippen LogP) is 9.39. The van der Waals surface area contributed by atoms with E-state index in [1.54, 1.807) is 0 Å². The van der Waals surface area contributed by atoms with Crippen molar-refractivity contribution in [2.45, 2.75) is 13.3 Å². The van der Waals surface area contributed by atoms with Crippen LogP contribution in [0.1, 0.15) is 28.7 Å². The van der Waals surface area contributed by atoms with E-state index in [-0.39, 0.29) is 0 Å². The van der Waals surface area contributed by atoms with Crippen molar-refractivity contribution in [2.75, 3.05) is 4.90 Å². The first kappa shape index (κ1) is 24.7. The molecule has 2 aliphatic heterocycles. The molecule has 0 aliphatic carbocycles. The number of rotatable bonds is 4. The summed E-state index contributed by atoms with van der Waals surface area (Å²) in [6.07, 6.45) is 5.20. The molecule has 2 heterocycles. The van der Waals surface area contributed by atoms with Gasteiger partial charge in [-0.05, 0) is 60.9 Å². The molecule has 0 saturated heterocycles. The Hall–Kier alpha value is -5.35. The third-order valence-corrected chi connectivity index (χ3v) is 7.38. The van der Waals surface area contributed by atoms with Crippen LogP contribution in [0, 0.1) is 6.92 Å². The molecule has 0 aromatic heterocycles. The number of ether oxygens (including phenoxy) is 1. The lowest BCUT2D eigenvalue weighted by atomic mass is 10.0. The van der Waals surface area contributed by atoms with Gasteiger partial charge in [-0.1, -0.05) is 109 Å². The minimum absolute atomic E-state index is 0.767. The highest BCUT2D eigenvalue weighted by molar-refractivity contribution is 6.06. The van der Waals surface area contributed by atoms with Crippen molar-refractivity contribution in [1.29, 1.82) is 0 Å². The third kappa shape index (κ3) is 4.92. The van der Waals surface area contributed by atoms with Crippen LogP contribution in [0.3, 0.4) is 0 Å². The Bertz CT molecular complexity index is 1750. The number of amidine groups is 1. The number of hydrogen-bond acceptors (Lipinski definition) is 4. The highest BCUT2D eigenvalue weighted by Crippen LogP contribution is 2.50. The number of para-hydroxylation sites is 4. The predicted molar refractivity (Wildman–Crippen MR) is 169 cm³/mol. The van der Waals surface area contributed by atoms with Gasteiger partial charge in [-0.2, -0.15) is 0 Å². The van der Waals surface area contributed by atoms with E-state index >= 15 is 0 Å². The van der Waals surface area contributed by atoms with E-state index in [2.05, 4.69) is 102 Å². The Labute approximate surface area is 240 Å². The lowest BCUT2D eigenvalue weighted by Crippen LogP contribution is -2.24. The fourth-order valence-electron chi connectivity index (χ4n) is 5.26. The second-order valence-corrected chi connectivity index (χ2v) is 10.2. The number of benzene rings is 5. The standard InChI is InChI=1S/C37H29N3O/c1-26-18-20-27(21-19-26)31-12-9-13-32(39-37(38-31)29-10-3-2-4-11-29)28-22-24-30(25-23-28)40-33-14-5-7-16-35(33)41-36-17-8-6-15-34(36)40/h2-8,10-25H,9H2,1H3,(H,38,39)/b31-12-,32-13?. The molecule has 0 unspecified atom stereocenters. The van der Waals surface area contributed by atoms with Crippen LogP contribution in [0.2, 0.25) is 0 Å². The summed E-state index contributed by atoms with van der Waals surface area (Å²) in [6, 6.07) is 43.8. The maximum atomic E-state index is 6.19. The highest BCUT2D eigenvalue weighted by atomic mass is 16.5. The van der Waals surface area contributed by atoms with Crippen molar-refractivity contribution in [3.05, 3.63) is 162 Å². The van der Waals surface area contributed by atoms with Gasteiger partial charge >= 0.3 is 0 Å². The smallest absolute Gasteiger partial charge is 0.151 e. The first-order chi connectivity index (χ1) is 20.2. The summed E-state index contributed by atoms with van der Waals surface area (Å²) >= 11 is 0. The summed E-state index contributed by atoms with van der Waals surface area (Å²) in [5.74, 6) is 2.52. The third-order valence-electron chi connectivity index (χ3n) is 7.38. The molecule has 0 amide bonds. The zero-order valence-electron chi connectivity index (χ0n) is 22.8. The molecule has 0 fully saturated rings. The van der Waals surface area contributed by atoms with E-state index in [4.69, 9.17) is 9.73 Å². The molecule has 0 radical (unpaired) electrons. The zero-order valence-corrected chi connectivity index (χ0v) is 22.8. The summed E-state index contributed by atoms with van der Waals surface area (Å²) in [7, 11) is 0. The Balaban J connectivity index is 1.25. The first-order valence-corrected chi connectivity index (χ1v) is 13.9. The SMILES string of the molecule is Cc1ccc(/C2=C/CC=C(c3ccc(N4c5ccccc5Oc5ccccc54)cc3)NC(c3ccccc3)=N2)cc1. The minimum atomic E-state index is 0.767. The van der Waals surface area contributed by atoms with E-state index in [1.165, 1.54) is 5.56 Å². The molecule has 0 saturated carbocycles. The molecule has 1 N–H and O–H groups in total. The maximum Gasteiger partial charge on any atom is 0.151 e. The molecule has 0 atom stereocenters. The van der Waals surface area contributed by atoms with Crippen LogP contribution in [0.5, 0.6) is 11.5 Å². The van der Waals surface area contributed by atoms with Crippen molar-refractivity contribution in [3.63, 3.8) is 0 Å². The Morgan fingerprint density at radius 2 is 1.22 bits per heavy atom. The van der Waals surface area contributed by atoms with Gasteiger partial charge in [-0.3, -0.25) is 0 Å². The van der Waals surface area contributed by atoms with E-state index in [0.29, 0.717) is 0 Å². The Morgan fingerprint density at radius 1 is 0.610 bits per heavy atom. The number of hydrogen-bond donors (Lipinski definition) is 1. The molecular weight excluding hydrogens is 502 g/mol. The quantitative estimate of drug-likeness (QED) is 0.246. The van der Waals surface area contributed by atoms with Crippen molar-refractivity contribution < 1.29 is 4.74 Å². The average molecular weight is 532 g/mol. The second-order valence-electron chi connectivity index (χ2n) is 10.2. The van der Waals surface area contributed by atoms with Gasteiger partial charge in [0.2, 0.25) is 0 Å². The molecule has 41 heavy (non-hydrogen) atoms.